The number of amides is 10. The molecule has 24 N–H and O–H groups in total. The van der Waals surface area contributed by atoms with Gasteiger partial charge in [0, 0.05) is 120 Å². The SMILES string of the molecule is NCCCCC(NC(=O)CN1CCN(CC(=O)O)CCN(CC(=O)O)CCN(CC(=O)O)CC1)C(=O)NC(CCCCN)C(=O)NCCCCC[C@H](NC(=O)CNC(=O)[C@H](Cc1c[nH]c2ccccc12)NC(=O)[C@H](CCCN=C(N)N)NC(=O)C(Cc1ccccc1)NC(=O)[C@H](Cc1cnc[nH]1)NC(=O)CCCc1ccccc1)C(N)=O. The van der Waals surface area contributed by atoms with Crippen molar-refractivity contribution in [3.63, 3.8) is 0 Å². The number of carboxylic acid groups (broad SMARTS) is 3. The summed E-state index contributed by atoms with van der Waals surface area (Å²) in [4.78, 5) is 197. The zero-order chi connectivity index (χ0) is 84.9. The third-order valence-electron chi connectivity index (χ3n) is 19.7. The number of aliphatic imine (C=N–C) groups is 1. The second-order valence-electron chi connectivity index (χ2n) is 29.0. The van der Waals surface area contributed by atoms with Gasteiger partial charge < -0.3 is 102 Å². The fraction of sp³-hybridized carbons (Fsp3) is 0.532. The van der Waals surface area contributed by atoms with Gasteiger partial charge in [0.1, 0.15) is 42.3 Å². The Labute approximate surface area is 679 Å². The number of nitrogens with two attached hydrogens (primary N) is 5. The Kier molecular flexibility index (Phi) is 42.1. The molecule has 2 aromatic heterocycles. The highest BCUT2D eigenvalue weighted by molar-refractivity contribution is 5.98. The number of fused-ring (bicyclic) bond motifs is 1. The van der Waals surface area contributed by atoms with Gasteiger partial charge in [0.05, 0.1) is 39.1 Å². The number of guanidine groups is 1. The molecule has 0 bridgehead atoms. The molecular formula is C79H118N22O16. The van der Waals surface area contributed by atoms with E-state index in [9.17, 15) is 77.6 Å². The number of unbranched alkanes of at least 4 members (excludes halogenated alkanes) is 4. The lowest BCUT2D eigenvalue weighted by Gasteiger charge is -2.33. The van der Waals surface area contributed by atoms with E-state index in [1.165, 1.54) is 12.5 Å². The van der Waals surface area contributed by atoms with Crippen molar-refractivity contribution in [1.29, 1.82) is 0 Å². The average molecular weight is 1630 g/mol. The summed E-state index contributed by atoms with van der Waals surface area (Å²) >= 11 is 0. The third kappa shape index (κ3) is 36.9. The van der Waals surface area contributed by atoms with Crippen LogP contribution in [0.3, 0.4) is 0 Å². The summed E-state index contributed by atoms with van der Waals surface area (Å²) in [5.41, 5.74) is 32.3. The molecule has 1 aliphatic rings. The van der Waals surface area contributed by atoms with Crippen molar-refractivity contribution in [1.82, 2.24) is 82.4 Å². The topological polar surface area (TPSA) is 591 Å². The molecule has 1 aliphatic heterocycles. The molecule has 3 aromatic carbocycles. The number of primary amides is 1. The van der Waals surface area contributed by atoms with Crippen LogP contribution in [0.1, 0.15) is 112 Å². The first kappa shape index (κ1) is 94.4. The largest absolute Gasteiger partial charge is 0.480 e. The van der Waals surface area contributed by atoms with Crippen LogP contribution in [0, 0.1) is 0 Å². The molecule has 1 saturated heterocycles. The molecule has 10 amide bonds. The number of aryl methyl sites for hydroxylation is 1. The molecule has 0 saturated carbocycles. The molecule has 117 heavy (non-hydrogen) atoms. The molecule has 0 aliphatic carbocycles. The van der Waals surface area contributed by atoms with Crippen LogP contribution in [0.25, 0.3) is 10.9 Å². The van der Waals surface area contributed by atoms with E-state index in [-0.39, 0.29) is 155 Å². The predicted octanol–water partition coefficient (Wildman–Crippen LogP) is -2.60. The first-order valence-corrected chi connectivity index (χ1v) is 39.8. The Morgan fingerprint density at radius 2 is 0.889 bits per heavy atom. The number of para-hydroxylation sites is 1. The second kappa shape index (κ2) is 52.2. The first-order valence-electron chi connectivity index (χ1n) is 39.8. The van der Waals surface area contributed by atoms with E-state index in [1.54, 1.807) is 62.2 Å². The van der Waals surface area contributed by atoms with Gasteiger partial charge in [-0.2, -0.15) is 0 Å². The second-order valence-corrected chi connectivity index (χ2v) is 29.0. The number of aliphatic carboxylic acids is 3. The molecule has 1 fully saturated rings. The van der Waals surface area contributed by atoms with Gasteiger partial charge in [0.2, 0.25) is 59.1 Å². The molecule has 38 nitrogen and oxygen atoms in total. The average Bonchev–Trinajstić information content (AvgIpc) is 1.71. The van der Waals surface area contributed by atoms with Gasteiger partial charge in [-0.1, -0.05) is 91.7 Å². The number of aromatic amines is 2. The van der Waals surface area contributed by atoms with E-state index in [0.29, 0.717) is 87.7 Å². The van der Waals surface area contributed by atoms with Crippen molar-refractivity contribution in [2.75, 3.05) is 111 Å². The number of hydrogen-bond donors (Lipinski definition) is 19. The number of nitrogens with one attached hydrogen (secondary N) is 11. The monoisotopic (exact) mass is 1630 g/mol. The Bertz CT molecular complexity index is 3970. The zero-order valence-corrected chi connectivity index (χ0v) is 66.3. The summed E-state index contributed by atoms with van der Waals surface area (Å²) in [6.45, 7) is 0.103. The number of benzene rings is 3. The van der Waals surface area contributed by atoms with Gasteiger partial charge in [-0.3, -0.25) is 86.9 Å². The zero-order valence-electron chi connectivity index (χ0n) is 66.3. The lowest BCUT2D eigenvalue weighted by atomic mass is 10.0. The lowest BCUT2D eigenvalue weighted by molar-refractivity contribution is -0.140. The summed E-state index contributed by atoms with van der Waals surface area (Å²) in [7, 11) is 0. The van der Waals surface area contributed by atoms with Crippen LogP contribution in [0.4, 0.5) is 0 Å². The Morgan fingerprint density at radius 3 is 1.43 bits per heavy atom. The summed E-state index contributed by atoms with van der Waals surface area (Å²) in [5.74, 6) is -10.5. The lowest BCUT2D eigenvalue weighted by Crippen LogP contribution is -2.59. The Hall–Kier alpha value is -11.5. The van der Waals surface area contributed by atoms with Gasteiger partial charge in [0.25, 0.3) is 0 Å². The molecule has 5 aromatic rings. The molecule has 6 rings (SSSR count). The number of hydrogen-bond acceptors (Lipinski definition) is 21. The highest BCUT2D eigenvalue weighted by Crippen LogP contribution is 2.20. The highest BCUT2D eigenvalue weighted by Gasteiger charge is 2.34. The van der Waals surface area contributed by atoms with Gasteiger partial charge in [-0.25, -0.2) is 4.98 Å². The first-order chi connectivity index (χ1) is 56.2. The molecule has 0 radical (unpaired) electrons. The van der Waals surface area contributed by atoms with Crippen LogP contribution in [-0.2, 0) is 88.0 Å². The highest BCUT2D eigenvalue weighted by atomic mass is 16.4. The van der Waals surface area contributed by atoms with E-state index in [2.05, 4.69) is 67.8 Å². The van der Waals surface area contributed by atoms with E-state index >= 15 is 0 Å². The predicted molar refractivity (Wildman–Crippen MR) is 435 cm³/mol. The van der Waals surface area contributed by atoms with Crippen LogP contribution in [0.5, 0.6) is 0 Å². The minimum absolute atomic E-state index is 0.0125. The number of H-pyrrole nitrogens is 2. The number of carbonyl (C=O) groups excluding carboxylic acids is 10. The van der Waals surface area contributed by atoms with Crippen molar-refractivity contribution >= 4 is 93.8 Å². The van der Waals surface area contributed by atoms with Crippen molar-refractivity contribution in [2.45, 2.75) is 158 Å². The number of nitrogens with zero attached hydrogens (tertiary/aromatic N) is 6. The van der Waals surface area contributed by atoms with Gasteiger partial charge in [-0.05, 0) is 113 Å². The maximum absolute atomic E-state index is 14.9. The van der Waals surface area contributed by atoms with Crippen molar-refractivity contribution < 1.29 is 77.6 Å². The number of carbonyl (C=O) groups is 13. The van der Waals surface area contributed by atoms with Crippen LogP contribution in [-0.4, -0.2) is 286 Å². The fourth-order valence-electron chi connectivity index (χ4n) is 13.4. The van der Waals surface area contributed by atoms with E-state index in [0.717, 1.165) is 16.5 Å². The summed E-state index contributed by atoms with van der Waals surface area (Å²) in [6, 6.07) is 17.0. The maximum atomic E-state index is 14.9. The summed E-state index contributed by atoms with van der Waals surface area (Å²) < 4.78 is 0. The van der Waals surface area contributed by atoms with Crippen molar-refractivity contribution in [2.24, 2.45) is 33.7 Å². The summed E-state index contributed by atoms with van der Waals surface area (Å²) in [5, 5.41) is 54.6. The molecule has 3 unspecified atom stereocenters. The van der Waals surface area contributed by atoms with Crippen LogP contribution in [0.15, 0.2) is 109 Å². The van der Waals surface area contributed by atoms with Crippen LogP contribution >= 0.6 is 0 Å². The Balaban J connectivity index is 1.07. The Morgan fingerprint density at radius 1 is 0.436 bits per heavy atom. The van der Waals surface area contributed by atoms with Gasteiger partial charge >= 0.3 is 17.9 Å². The number of rotatable bonds is 52. The quantitative estimate of drug-likeness (QED) is 0.0108. The maximum Gasteiger partial charge on any atom is 0.317 e. The van der Waals surface area contributed by atoms with Crippen LogP contribution < -0.4 is 76.5 Å². The fourth-order valence-corrected chi connectivity index (χ4v) is 13.4. The summed E-state index contributed by atoms with van der Waals surface area (Å²) in [6.07, 6.45) is 9.16. The van der Waals surface area contributed by atoms with Crippen molar-refractivity contribution in [3.05, 3.63) is 126 Å². The van der Waals surface area contributed by atoms with E-state index < -0.39 is 126 Å². The van der Waals surface area contributed by atoms with E-state index in [4.69, 9.17) is 28.7 Å². The van der Waals surface area contributed by atoms with E-state index in [1.807, 2.05) is 48.5 Å². The molecule has 7 atom stereocenters. The van der Waals surface area contributed by atoms with Gasteiger partial charge in [-0.15, -0.1) is 0 Å². The molecule has 0 spiro atoms. The minimum Gasteiger partial charge on any atom is -0.480 e. The molecular weight excluding hydrogens is 1510 g/mol. The number of aromatic nitrogens is 3. The standard InChI is InChI=1S/C79H118N22O16/c80-30-13-11-26-60(94-75(114)61(27-12-14-31-81)92-68(104)48-98-34-36-99(49-69(105)106)38-40-101(51-71(109)110)41-39-100(37-35-98)50-70(107)108)73(112)86-32-15-3-8-25-59(72(82)111)91-67(103)47-89-74(113)64(43-55-45-88-58-24-10-9-23-57(55)58)97-76(115)62(28-17-33-87-79(83)84)95-77(116)63(42-54-20-6-2-7-21-54)96-78(117)65(44-56-46-85-52-90-56)93-66(102)29-16-22-53-18-4-1-5-19-53/h1-2,4-7,9-10,18-21,23-24,45-46,52,59-65,88H,3,8,11-17,22,25-44,47-51,80-81H2,(H2,82,111)(H,85,90)(H,86,112)(H,89,113)(H,91,103)(H,92,104)(H,93,102)(H,94,114)(H,95,116)(H,96,117)(H,97,115)(H,105,106)(H,107,108)(H,109,110)(H4,83,84,87)/t59-,60?,61?,62-,63?,64-,65-/m0/s1. The molecule has 3 heterocycles. The third-order valence-corrected chi connectivity index (χ3v) is 19.7. The normalized spacial score (nSPS) is 15.0. The van der Waals surface area contributed by atoms with Gasteiger partial charge in [0.15, 0.2) is 5.96 Å². The molecule has 640 valence electrons. The number of imidazole rings is 1. The smallest absolute Gasteiger partial charge is 0.317 e. The number of carboxylic acids is 3. The van der Waals surface area contributed by atoms with Crippen LogP contribution in [0.2, 0.25) is 0 Å². The molecule has 38 heteroatoms. The minimum atomic E-state index is -1.41. The van der Waals surface area contributed by atoms with Crippen molar-refractivity contribution in [3.8, 4) is 0 Å².